The van der Waals surface area contributed by atoms with E-state index in [1.165, 1.54) is 5.56 Å². The molecule has 0 radical (unpaired) electrons. The SMILES string of the molecule is CC1(C(=O)Nc2ccc3c(c2)CCO3)CCNC1. The second-order valence-corrected chi connectivity index (χ2v) is 5.36. The third-order valence-electron chi connectivity index (χ3n) is 3.86. The zero-order valence-corrected chi connectivity index (χ0v) is 10.6. The minimum absolute atomic E-state index is 0.103. The van der Waals surface area contributed by atoms with Crippen molar-refractivity contribution in [3.63, 3.8) is 0 Å². The molecule has 0 spiro atoms. The highest BCUT2D eigenvalue weighted by Crippen LogP contribution is 2.30. The minimum Gasteiger partial charge on any atom is -0.493 e. The van der Waals surface area contributed by atoms with E-state index in [4.69, 9.17) is 4.74 Å². The first-order valence-electron chi connectivity index (χ1n) is 6.45. The molecule has 0 bridgehead atoms. The van der Waals surface area contributed by atoms with Crippen LogP contribution < -0.4 is 15.4 Å². The molecule has 1 saturated heterocycles. The number of hydrogen-bond donors (Lipinski definition) is 2. The number of carbonyl (C=O) groups is 1. The fourth-order valence-corrected chi connectivity index (χ4v) is 2.56. The Kier molecular flexibility index (Phi) is 2.74. The Morgan fingerprint density at radius 1 is 1.50 bits per heavy atom. The number of rotatable bonds is 2. The summed E-state index contributed by atoms with van der Waals surface area (Å²) in [5, 5.41) is 6.26. The topological polar surface area (TPSA) is 50.4 Å². The van der Waals surface area contributed by atoms with Crippen LogP contribution in [0.3, 0.4) is 0 Å². The lowest BCUT2D eigenvalue weighted by atomic mass is 9.88. The predicted molar refractivity (Wildman–Crippen MR) is 69.9 cm³/mol. The maximum Gasteiger partial charge on any atom is 0.231 e. The normalized spacial score (nSPS) is 25.6. The number of hydrogen-bond acceptors (Lipinski definition) is 3. The summed E-state index contributed by atoms with van der Waals surface area (Å²) in [5.41, 5.74) is 1.77. The maximum atomic E-state index is 12.3. The van der Waals surface area contributed by atoms with Gasteiger partial charge in [-0.15, -0.1) is 0 Å². The van der Waals surface area contributed by atoms with Crippen LogP contribution in [-0.2, 0) is 11.2 Å². The standard InChI is InChI=1S/C14H18N2O2/c1-14(5-6-15-9-14)13(17)16-11-2-3-12-10(8-11)4-7-18-12/h2-3,8,15H,4-7,9H2,1H3,(H,16,17). The maximum absolute atomic E-state index is 12.3. The van der Waals surface area contributed by atoms with Crippen molar-refractivity contribution < 1.29 is 9.53 Å². The van der Waals surface area contributed by atoms with E-state index in [2.05, 4.69) is 10.6 Å². The van der Waals surface area contributed by atoms with Crippen molar-refractivity contribution in [1.29, 1.82) is 0 Å². The molecule has 1 fully saturated rings. The van der Waals surface area contributed by atoms with Gasteiger partial charge in [-0.1, -0.05) is 0 Å². The van der Waals surface area contributed by atoms with E-state index >= 15 is 0 Å². The highest BCUT2D eigenvalue weighted by atomic mass is 16.5. The van der Waals surface area contributed by atoms with E-state index in [9.17, 15) is 4.79 Å². The number of anilines is 1. The first kappa shape index (κ1) is 11.5. The van der Waals surface area contributed by atoms with Crippen LogP contribution in [0.5, 0.6) is 5.75 Å². The number of ether oxygens (including phenoxy) is 1. The fourth-order valence-electron chi connectivity index (χ4n) is 2.56. The Bertz CT molecular complexity index is 479. The molecule has 0 saturated carbocycles. The van der Waals surface area contributed by atoms with Crippen LogP contribution in [0.2, 0.25) is 0 Å². The molecule has 1 amide bonds. The van der Waals surface area contributed by atoms with Gasteiger partial charge in [-0.05, 0) is 43.7 Å². The molecule has 96 valence electrons. The van der Waals surface area contributed by atoms with Crippen molar-refractivity contribution in [2.45, 2.75) is 19.8 Å². The van der Waals surface area contributed by atoms with Crippen molar-refractivity contribution in [2.24, 2.45) is 5.41 Å². The molecule has 0 aromatic heterocycles. The van der Waals surface area contributed by atoms with Gasteiger partial charge < -0.3 is 15.4 Å². The molecule has 1 aromatic carbocycles. The molecule has 1 atom stereocenters. The van der Waals surface area contributed by atoms with E-state index in [0.29, 0.717) is 0 Å². The Morgan fingerprint density at radius 2 is 2.39 bits per heavy atom. The van der Waals surface area contributed by atoms with Crippen LogP contribution in [0.15, 0.2) is 18.2 Å². The summed E-state index contributed by atoms with van der Waals surface area (Å²) in [6.07, 6.45) is 1.82. The van der Waals surface area contributed by atoms with E-state index < -0.39 is 0 Å². The molecule has 4 nitrogen and oxygen atoms in total. The molecule has 2 aliphatic heterocycles. The second kappa shape index (κ2) is 4.28. The quantitative estimate of drug-likeness (QED) is 0.832. The molecule has 2 N–H and O–H groups in total. The lowest BCUT2D eigenvalue weighted by Crippen LogP contribution is -2.35. The first-order valence-corrected chi connectivity index (χ1v) is 6.45. The van der Waals surface area contributed by atoms with E-state index in [1.54, 1.807) is 0 Å². The summed E-state index contributed by atoms with van der Waals surface area (Å²) in [6.45, 7) is 4.43. The summed E-state index contributed by atoms with van der Waals surface area (Å²) in [5.74, 6) is 1.05. The molecule has 4 heteroatoms. The summed E-state index contributed by atoms with van der Waals surface area (Å²) in [4.78, 5) is 12.3. The van der Waals surface area contributed by atoms with Crippen LogP contribution in [0.4, 0.5) is 5.69 Å². The van der Waals surface area contributed by atoms with E-state index in [0.717, 1.165) is 44.0 Å². The molecule has 2 aliphatic rings. The molecular formula is C14H18N2O2. The van der Waals surface area contributed by atoms with Crippen LogP contribution in [-0.4, -0.2) is 25.6 Å². The van der Waals surface area contributed by atoms with Crippen molar-refractivity contribution >= 4 is 11.6 Å². The monoisotopic (exact) mass is 246 g/mol. The predicted octanol–water partition coefficient (Wildman–Crippen LogP) is 1.56. The van der Waals surface area contributed by atoms with Gasteiger partial charge in [-0.3, -0.25) is 4.79 Å². The van der Waals surface area contributed by atoms with Gasteiger partial charge in [0.25, 0.3) is 0 Å². The lowest BCUT2D eigenvalue weighted by Gasteiger charge is -2.21. The lowest BCUT2D eigenvalue weighted by molar-refractivity contribution is -0.123. The summed E-state index contributed by atoms with van der Waals surface area (Å²) >= 11 is 0. The van der Waals surface area contributed by atoms with Crippen LogP contribution in [0.1, 0.15) is 18.9 Å². The molecular weight excluding hydrogens is 228 g/mol. The molecule has 1 aromatic rings. The summed E-state index contributed by atoms with van der Waals surface area (Å²) in [6, 6.07) is 5.87. The van der Waals surface area contributed by atoms with Gasteiger partial charge >= 0.3 is 0 Å². The minimum atomic E-state index is -0.282. The third kappa shape index (κ3) is 1.97. The first-order chi connectivity index (χ1) is 8.67. The number of nitrogens with one attached hydrogen (secondary N) is 2. The average molecular weight is 246 g/mol. The molecule has 1 unspecified atom stereocenters. The zero-order chi connectivity index (χ0) is 12.6. The largest absolute Gasteiger partial charge is 0.493 e. The van der Waals surface area contributed by atoms with Gasteiger partial charge in [-0.25, -0.2) is 0 Å². The van der Waals surface area contributed by atoms with Gasteiger partial charge in [0.2, 0.25) is 5.91 Å². The molecule has 2 heterocycles. The molecule has 18 heavy (non-hydrogen) atoms. The van der Waals surface area contributed by atoms with Crippen LogP contribution in [0.25, 0.3) is 0 Å². The van der Waals surface area contributed by atoms with E-state index in [-0.39, 0.29) is 11.3 Å². The van der Waals surface area contributed by atoms with Crippen molar-refractivity contribution in [3.8, 4) is 5.75 Å². The number of carbonyl (C=O) groups excluding carboxylic acids is 1. The van der Waals surface area contributed by atoms with Gasteiger partial charge in [0.05, 0.1) is 12.0 Å². The summed E-state index contributed by atoms with van der Waals surface area (Å²) < 4.78 is 5.46. The Morgan fingerprint density at radius 3 is 3.17 bits per heavy atom. The van der Waals surface area contributed by atoms with Crippen LogP contribution >= 0.6 is 0 Å². The summed E-state index contributed by atoms with van der Waals surface area (Å²) in [7, 11) is 0. The van der Waals surface area contributed by atoms with Gasteiger partial charge in [0, 0.05) is 18.7 Å². The second-order valence-electron chi connectivity index (χ2n) is 5.36. The highest BCUT2D eigenvalue weighted by Gasteiger charge is 2.36. The Hall–Kier alpha value is -1.55. The average Bonchev–Trinajstić information content (AvgIpc) is 2.98. The molecule has 0 aliphatic carbocycles. The van der Waals surface area contributed by atoms with Gasteiger partial charge in [0.15, 0.2) is 0 Å². The number of benzene rings is 1. The molecule has 3 rings (SSSR count). The smallest absolute Gasteiger partial charge is 0.231 e. The Labute approximate surface area is 107 Å². The Balaban J connectivity index is 1.74. The zero-order valence-electron chi connectivity index (χ0n) is 10.6. The van der Waals surface area contributed by atoms with Crippen molar-refractivity contribution in [1.82, 2.24) is 5.32 Å². The van der Waals surface area contributed by atoms with Gasteiger partial charge in [0.1, 0.15) is 5.75 Å². The van der Waals surface area contributed by atoms with Crippen LogP contribution in [0, 0.1) is 5.41 Å². The highest BCUT2D eigenvalue weighted by molar-refractivity contribution is 5.95. The third-order valence-corrected chi connectivity index (χ3v) is 3.86. The number of amides is 1. The van der Waals surface area contributed by atoms with Gasteiger partial charge in [-0.2, -0.15) is 0 Å². The number of fused-ring (bicyclic) bond motifs is 1. The van der Waals surface area contributed by atoms with E-state index in [1.807, 2.05) is 25.1 Å². The van der Waals surface area contributed by atoms with Crippen molar-refractivity contribution in [3.05, 3.63) is 23.8 Å². The fraction of sp³-hybridized carbons (Fsp3) is 0.500. The van der Waals surface area contributed by atoms with Crippen molar-refractivity contribution in [2.75, 3.05) is 25.0 Å².